The minimum Gasteiger partial charge on any atom is -0.315 e. The Labute approximate surface area is 74.5 Å². The second kappa shape index (κ2) is 3.32. The van der Waals surface area contributed by atoms with Crippen molar-refractivity contribution in [2.45, 2.75) is 31.5 Å². The van der Waals surface area contributed by atoms with Crippen LogP contribution in [0.5, 0.6) is 0 Å². The molecule has 2 rings (SSSR count). The van der Waals surface area contributed by atoms with E-state index in [1.807, 2.05) is 0 Å². The molecule has 2 aliphatic rings. The van der Waals surface area contributed by atoms with Gasteiger partial charge in [-0.25, -0.2) is 0 Å². The van der Waals surface area contributed by atoms with E-state index in [4.69, 9.17) is 5.73 Å². The van der Waals surface area contributed by atoms with E-state index in [0.717, 1.165) is 12.6 Å². The van der Waals surface area contributed by atoms with Crippen molar-refractivity contribution in [2.75, 3.05) is 26.7 Å². The Morgan fingerprint density at radius 2 is 2.08 bits per heavy atom. The summed E-state index contributed by atoms with van der Waals surface area (Å²) in [4.78, 5) is 4.85. The predicted molar refractivity (Wildman–Crippen MR) is 49.8 cm³/mol. The van der Waals surface area contributed by atoms with Gasteiger partial charge in [-0.1, -0.05) is 6.42 Å². The molecule has 0 aromatic rings. The minimum absolute atomic E-state index is 0.263. The van der Waals surface area contributed by atoms with Gasteiger partial charge in [-0.2, -0.15) is 0 Å². The van der Waals surface area contributed by atoms with Crippen LogP contribution < -0.4 is 5.73 Å². The van der Waals surface area contributed by atoms with Gasteiger partial charge in [-0.15, -0.1) is 0 Å². The average molecular weight is 169 g/mol. The van der Waals surface area contributed by atoms with Crippen molar-refractivity contribution in [3.05, 3.63) is 0 Å². The number of nitrogens with two attached hydrogens (primary N) is 1. The summed E-state index contributed by atoms with van der Waals surface area (Å²) < 4.78 is 0. The van der Waals surface area contributed by atoms with Gasteiger partial charge in [0.25, 0.3) is 0 Å². The molecule has 0 amide bonds. The lowest BCUT2D eigenvalue weighted by Gasteiger charge is -2.45. The fourth-order valence-electron chi connectivity index (χ4n) is 2.35. The standard InChI is InChI=1S/C9H19N3/c1-11-6-8-4-2-3-5-12(8)7-9(11)10/h8-9H,2-7,10H2,1H3. The molecule has 3 nitrogen and oxygen atoms in total. The normalized spacial score (nSPS) is 39.5. The first-order chi connectivity index (χ1) is 5.77. The summed E-state index contributed by atoms with van der Waals surface area (Å²) in [6.07, 6.45) is 4.41. The van der Waals surface area contributed by atoms with Crippen LogP contribution in [0.15, 0.2) is 0 Å². The Hall–Kier alpha value is -0.120. The lowest BCUT2D eigenvalue weighted by atomic mass is 9.99. The molecule has 2 atom stereocenters. The van der Waals surface area contributed by atoms with Gasteiger partial charge in [0.2, 0.25) is 0 Å². The van der Waals surface area contributed by atoms with Crippen molar-refractivity contribution in [1.29, 1.82) is 0 Å². The lowest BCUT2D eigenvalue weighted by molar-refractivity contribution is 0.0252. The molecule has 2 aliphatic heterocycles. The molecule has 0 saturated carbocycles. The quantitative estimate of drug-likeness (QED) is 0.557. The number of hydrogen-bond donors (Lipinski definition) is 1. The van der Waals surface area contributed by atoms with E-state index in [1.54, 1.807) is 0 Å². The van der Waals surface area contributed by atoms with E-state index in [0.29, 0.717) is 0 Å². The molecule has 12 heavy (non-hydrogen) atoms. The molecule has 0 radical (unpaired) electrons. The third-order valence-electron chi connectivity index (χ3n) is 3.24. The van der Waals surface area contributed by atoms with E-state index in [2.05, 4.69) is 16.8 Å². The fourth-order valence-corrected chi connectivity index (χ4v) is 2.35. The largest absolute Gasteiger partial charge is 0.315 e. The van der Waals surface area contributed by atoms with Crippen molar-refractivity contribution < 1.29 is 0 Å². The Morgan fingerprint density at radius 3 is 2.92 bits per heavy atom. The summed E-state index contributed by atoms with van der Waals surface area (Å²) >= 11 is 0. The van der Waals surface area contributed by atoms with E-state index in [9.17, 15) is 0 Å². The maximum absolute atomic E-state index is 5.97. The summed E-state index contributed by atoms with van der Waals surface area (Å²) in [6, 6.07) is 0.795. The van der Waals surface area contributed by atoms with Crippen molar-refractivity contribution in [3.63, 3.8) is 0 Å². The van der Waals surface area contributed by atoms with Crippen LogP contribution in [-0.4, -0.2) is 48.7 Å². The molecular weight excluding hydrogens is 150 g/mol. The van der Waals surface area contributed by atoms with Crippen molar-refractivity contribution in [1.82, 2.24) is 9.80 Å². The first kappa shape index (κ1) is 8.48. The molecule has 2 fully saturated rings. The zero-order chi connectivity index (χ0) is 8.55. The Balaban J connectivity index is 1.98. The highest BCUT2D eigenvalue weighted by Crippen LogP contribution is 2.21. The smallest absolute Gasteiger partial charge is 0.0701 e. The zero-order valence-electron chi connectivity index (χ0n) is 7.87. The number of fused-ring (bicyclic) bond motifs is 1. The first-order valence-electron chi connectivity index (χ1n) is 4.97. The number of rotatable bonds is 0. The van der Waals surface area contributed by atoms with Crippen molar-refractivity contribution >= 4 is 0 Å². The summed E-state index contributed by atoms with van der Waals surface area (Å²) in [5.41, 5.74) is 5.97. The maximum atomic E-state index is 5.97. The van der Waals surface area contributed by atoms with Crippen LogP contribution in [-0.2, 0) is 0 Å². The molecule has 0 bridgehead atoms. The SMILES string of the molecule is CN1CC2CCCCN2CC1N. The van der Waals surface area contributed by atoms with E-state index < -0.39 is 0 Å². The number of nitrogens with zero attached hydrogens (tertiary/aromatic N) is 2. The molecular formula is C9H19N3. The van der Waals surface area contributed by atoms with Gasteiger partial charge < -0.3 is 5.73 Å². The average Bonchev–Trinajstić information content (AvgIpc) is 2.07. The van der Waals surface area contributed by atoms with Crippen LogP contribution in [0.4, 0.5) is 0 Å². The number of hydrogen-bond acceptors (Lipinski definition) is 3. The van der Waals surface area contributed by atoms with Gasteiger partial charge >= 0.3 is 0 Å². The van der Waals surface area contributed by atoms with Gasteiger partial charge in [0.15, 0.2) is 0 Å². The molecule has 0 spiro atoms. The number of piperazine rings is 1. The molecule has 2 unspecified atom stereocenters. The third kappa shape index (κ3) is 1.49. The van der Waals surface area contributed by atoms with Crippen LogP contribution in [0.2, 0.25) is 0 Å². The van der Waals surface area contributed by atoms with Gasteiger partial charge in [-0.05, 0) is 26.4 Å². The first-order valence-corrected chi connectivity index (χ1v) is 4.97. The molecule has 0 aliphatic carbocycles. The Kier molecular flexibility index (Phi) is 2.35. The second-order valence-electron chi connectivity index (χ2n) is 4.15. The van der Waals surface area contributed by atoms with Gasteiger partial charge in [0, 0.05) is 19.1 Å². The number of piperidine rings is 1. The van der Waals surface area contributed by atoms with E-state index >= 15 is 0 Å². The highest BCUT2D eigenvalue weighted by atomic mass is 15.3. The monoisotopic (exact) mass is 169 g/mol. The molecule has 0 aromatic carbocycles. The van der Waals surface area contributed by atoms with Crippen molar-refractivity contribution in [3.8, 4) is 0 Å². The lowest BCUT2D eigenvalue weighted by Crippen LogP contribution is -2.61. The topological polar surface area (TPSA) is 32.5 Å². The van der Waals surface area contributed by atoms with Crippen molar-refractivity contribution in [2.24, 2.45) is 5.73 Å². The van der Waals surface area contributed by atoms with Gasteiger partial charge in [0.1, 0.15) is 0 Å². The van der Waals surface area contributed by atoms with Crippen LogP contribution in [0, 0.1) is 0 Å². The summed E-state index contributed by atoms with van der Waals surface area (Å²) in [7, 11) is 2.14. The third-order valence-corrected chi connectivity index (χ3v) is 3.24. The number of likely N-dealkylation sites (N-methyl/N-ethyl adjacent to an activating group) is 1. The highest BCUT2D eigenvalue weighted by molar-refractivity contribution is 4.86. The van der Waals surface area contributed by atoms with Crippen LogP contribution in [0.3, 0.4) is 0 Å². The second-order valence-corrected chi connectivity index (χ2v) is 4.15. The molecule has 0 aromatic heterocycles. The maximum Gasteiger partial charge on any atom is 0.0701 e. The molecule has 2 N–H and O–H groups in total. The fraction of sp³-hybridized carbons (Fsp3) is 1.00. The molecule has 70 valence electrons. The highest BCUT2D eigenvalue weighted by Gasteiger charge is 2.30. The van der Waals surface area contributed by atoms with Crippen LogP contribution in [0.1, 0.15) is 19.3 Å². The zero-order valence-corrected chi connectivity index (χ0v) is 7.87. The van der Waals surface area contributed by atoms with Crippen LogP contribution >= 0.6 is 0 Å². The Morgan fingerprint density at radius 1 is 1.25 bits per heavy atom. The summed E-state index contributed by atoms with van der Waals surface area (Å²) in [6.45, 7) is 3.51. The minimum atomic E-state index is 0.263. The van der Waals surface area contributed by atoms with Gasteiger partial charge in [-0.3, -0.25) is 9.80 Å². The summed E-state index contributed by atoms with van der Waals surface area (Å²) in [5, 5.41) is 0. The molecule has 3 heteroatoms. The van der Waals surface area contributed by atoms with E-state index in [-0.39, 0.29) is 6.17 Å². The van der Waals surface area contributed by atoms with Gasteiger partial charge in [0.05, 0.1) is 6.17 Å². The van der Waals surface area contributed by atoms with Crippen LogP contribution in [0.25, 0.3) is 0 Å². The Bertz CT molecular complexity index is 142. The van der Waals surface area contributed by atoms with E-state index in [1.165, 1.54) is 32.4 Å². The molecule has 2 heterocycles. The summed E-state index contributed by atoms with van der Waals surface area (Å²) in [5.74, 6) is 0. The molecule has 2 saturated heterocycles. The predicted octanol–water partition coefficient (Wildman–Crippen LogP) is 0.0711.